The van der Waals surface area contributed by atoms with Crippen molar-refractivity contribution in [1.29, 1.82) is 0 Å². The van der Waals surface area contributed by atoms with E-state index in [1.54, 1.807) is 14.2 Å². The number of ether oxygens (including phenoxy) is 2. The Morgan fingerprint density at radius 1 is 1.11 bits per heavy atom. The van der Waals surface area contributed by atoms with Crippen LogP contribution in [0.1, 0.15) is 25.0 Å². The second-order valence-electron chi connectivity index (χ2n) is 4.62. The molecule has 1 aliphatic heterocycles. The van der Waals surface area contributed by atoms with Crippen molar-refractivity contribution in [1.82, 2.24) is 0 Å². The second-order valence-corrected chi connectivity index (χ2v) is 4.62. The van der Waals surface area contributed by atoms with Gasteiger partial charge in [0, 0.05) is 12.0 Å². The third-order valence-electron chi connectivity index (χ3n) is 3.25. The summed E-state index contributed by atoms with van der Waals surface area (Å²) in [6.07, 6.45) is 3.27. The minimum atomic E-state index is 0. The number of hydrogen-bond acceptors (Lipinski definition) is 2. The molecule has 1 heterocycles. The lowest BCUT2D eigenvalue weighted by atomic mass is 10.0. The Bertz CT molecular complexity index is 455. The van der Waals surface area contributed by atoms with Crippen molar-refractivity contribution in [2.24, 2.45) is 0 Å². The maximum atomic E-state index is 5.33. The fourth-order valence-corrected chi connectivity index (χ4v) is 2.17. The molecule has 0 saturated heterocycles. The molecule has 0 aromatic heterocycles. The van der Waals surface area contributed by atoms with E-state index in [-0.39, 0.29) is 12.4 Å². The van der Waals surface area contributed by atoms with Crippen molar-refractivity contribution in [2.45, 2.75) is 26.3 Å². The number of fused-ring (bicyclic) bond motifs is 1. The zero-order valence-corrected chi connectivity index (χ0v) is 12.1. The average molecular weight is 270 g/mol. The molecule has 0 atom stereocenters. The minimum absolute atomic E-state index is 0. The van der Waals surface area contributed by atoms with Gasteiger partial charge in [-0.1, -0.05) is 0 Å². The van der Waals surface area contributed by atoms with Crippen LogP contribution >= 0.6 is 0 Å². The molecule has 0 fully saturated rings. The highest BCUT2D eigenvalue weighted by Gasteiger charge is 2.20. The van der Waals surface area contributed by atoms with Crippen LogP contribution in [0.3, 0.4) is 0 Å². The summed E-state index contributed by atoms with van der Waals surface area (Å²) in [6, 6.07) is 4.68. The van der Waals surface area contributed by atoms with Gasteiger partial charge in [0.15, 0.2) is 17.7 Å². The zero-order valence-electron chi connectivity index (χ0n) is 11.4. The quantitative estimate of drug-likeness (QED) is 0.664. The topological polar surface area (TPSA) is 21.5 Å². The number of methoxy groups -OCH3 is 2. The number of benzene rings is 1. The largest absolute Gasteiger partial charge is 1.00 e. The molecule has 100 valence electrons. The molecule has 0 N–H and O–H groups in total. The van der Waals surface area contributed by atoms with Gasteiger partial charge in [-0.15, -0.1) is 0 Å². The Kier molecular flexibility index (Phi) is 5.03. The predicted molar refractivity (Wildman–Crippen MR) is 68.7 cm³/mol. The molecule has 0 amide bonds. The summed E-state index contributed by atoms with van der Waals surface area (Å²) in [4.78, 5) is 0. The Hall–Kier alpha value is -1.22. The zero-order chi connectivity index (χ0) is 12.4. The van der Waals surface area contributed by atoms with Crippen molar-refractivity contribution in [3.05, 3.63) is 23.3 Å². The van der Waals surface area contributed by atoms with Gasteiger partial charge in [0.25, 0.3) is 0 Å². The van der Waals surface area contributed by atoms with Crippen LogP contribution in [0.5, 0.6) is 11.5 Å². The molecule has 0 unspecified atom stereocenters. The lowest BCUT2D eigenvalue weighted by Crippen LogP contribution is -3.00. The van der Waals surface area contributed by atoms with Crippen LogP contribution in [-0.2, 0) is 6.42 Å². The average Bonchev–Trinajstić information content (AvgIpc) is 2.36. The first-order chi connectivity index (χ1) is 8.15. The highest BCUT2D eigenvalue weighted by molar-refractivity contribution is 5.80. The smallest absolute Gasteiger partial charge is 0.171 e. The molecule has 1 aliphatic rings. The molecule has 4 heteroatoms. The summed E-state index contributed by atoms with van der Waals surface area (Å²) in [5.74, 6) is 1.62. The van der Waals surface area contributed by atoms with Gasteiger partial charge < -0.3 is 21.9 Å². The Morgan fingerprint density at radius 3 is 2.28 bits per heavy atom. The van der Waals surface area contributed by atoms with E-state index >= 15 is 0 Å². The normalized spacial score (nSPS) is 13.5. The summed E-state index contributed by atoms with van der Waals surface area (Å²) < 4.78 is 13.0. The van der Waals surface area contributed by atoms with Crippen LogP contribution in [0.15, 0.2) is 12.1 Å². The molecule has 1 aromatic rings. The molecular weight excluding hydrogens is 250 g/mol. The van der Waals surface area contributed by atoms with Crippen molar-refractivity contribution in [3.8, 4) is 11.5 Å². The molecule has 0 aliphatic carbocycles. The maximum Gasteiger partial charge on any atom is 0.171 e. The van der Waals surface area contributed by atoms with Crippen molar-refractivity contribution in [3.63, 3.8) is 0 Å². The summed E-state index contributed by atoms with van der Waals surface area (Å²) >= 11 is 0. The third-order valence-corrected chi connectivity index (χ3v) is 3.25. The van der Waals surface area contributed by atoms with Crippen molar-refractivity contribution in [2.75, 3.05) is 20.8 Å². The van der Waals surface area contributed by atoms with E-state index in [1.807, 2.05) is 0 Å². The molecule has 1 aromatic carbocycles. The van der Waals surface area contributed by atoms with Gasteiger partial charge in [-0.25, -0.2) is 4.58 Å². The van der Waals surface area contributed by atoms with Crippen LogP contribution in [0.25, 0.3) is 0 Å². The van der Waals surface area contributed by atoms with E-state index in [2.05, 4.69) is 36.8 Å². The second kappa shape index (κ2) is 6.10. The van der Waals surface area contributed by atoms with Crippen LogP contribution in [0.4, 0.5) is 0 Å². The van der Waals surface area contributed by atoms with Gasteiger partial charge in [-0.2, -0.15) is 0 Å². The van der Waals surface area contributed by atoms with Gasteiger partial charge in [-0.05, 0) is 31.5 Å². The highest BCUT2D eigenvalue weighted by atomic mass is 35.5. The van der Waals surface area contributed by atoms with E-state index in [0.717, 1.165) is 24.5 Å². The van der Waals surface area contributed by atoms with E-state index in [0.29, 0.717) is 6.04 Å². The SMILES string of the molecule is COc1cc2c(cc1OC)CC[N+](C(C)C)=C2.[Cl-]. The standard InChI is InChI=1S/C14H20NO2.ClH/c1-10(2)15-6-5-11-7-13(16-3)14(17-4)8-12(11)9-15;/h7-10H,5-6H2,1-4H3;1H/q+1;/p-1. The fourth-order valence-electron chi connectivity index (χ4n) is 2.17. The first-order valence-corrected chi connectivity index (χ1v) is 6.01. The maximum absolute atomic E-state index is 5.33. The van der Waals surface area contributed by atoms with Crippen LogP contribution < -0.4 is 21.9 Å². The lowest BCUT2D eigenvalue weighted by Gasteiger charge is -2.17. The molecule has 2 rings (SSSR count). The first-order valence-electron chi connectivity index (χ1n) is 6.01. The van der Waals surface area contributed by atoms with Gasteiger partial charge in [-0.3, -0.25) is 0 Å². The molecule has 0 saturated carbocycles. The number of rotatable bonds is 3. The Labute approximate surface area is 115 Å². The van der Waals surface area contributed by atoms with Gasteiger partial charge in [0.1, 0.15) is 12.6 Å². The van der Waals surface area contributed by atoms with Crippen LogP contribution in [-0.4, -0.2) is 37.6 Å². The summed E-state index contributed by atoms with van der Waals surface area (Å²) in [7, 11) is 3.35. The van der Waals surface area contributed by atoms with Crippen molar-refractivity contribution >= 4 is 6.21 Å². The van der Waals surface area contributed by atoms with E-state index < -0.39 is 0 Å². The summed E-state index contributed by atoms with van der Waals surface area (Å²) in [6.45, 7) is 5.49. The molecule has 0 spiro atoms. The summed E-state index contributed by atoms with van der Waals surface area (Å²) in [5, 5.41) is 0. The third kappa shape index (κ3) is 2.78. The highest BCUT2D eigenvalue weighted by Crippen LogP contribution is 2.31. The van der Waals surface area contributed by atoms with E-state index in [1.165, 1.54) is 11.1 Å². The van der Waals surface area contributed by atoms with Crippen molar-refractivity contribution < 1.29 is 26.5 Å². The van der Waals surface area contributed by atoms with E-state index in [9.17, 15) is 0 Å². The number of hydrogen-bond donors (Lipinski definition) is 0. The molecular formula is C14H20ClNO2. The number of halogens is 1. The number of nitrogens with zero attached hydrogens (tertiary/aromatic N) is 1. The fraction of sp³-hybridized carbons (Fsp3) is 0.500. The van der Waals surface area contributed by atoms with Crippen LogP contribution in [0.2, 0.25) is 0 Å². The Morgan fingerprint density at radius 2 is 1.72 bits per heavy atom. The van der Waals surface area contributed by atoms with Gasteiger partial charge in [0.2, 0.25) is 0 Å². The first kappa shape index (κ1) is 14.8. The van der Waals surface area contributed by atoms with Crippen LogP contribution in [0, 0.1) is 0 Å². The monoisotopic (exact) mass is 269 g/mol. The van der Waals surface area contributed by atoms with Gasteiger partial charge in [0.05, 0.1) is 14.2 Å². The molecule has 18 heavy (non-hydrogen) atoms. The summed E-state index contributed by atoms with van der Waals surface area (Å²) in [5.41, 5.74) is 2.57. The van der Waals surface area contributed by atoms with Gasteiger partial charge >= 0.3 is 0 Å². The molecule has 0 radical (unpaired) electrons. The molecule has 3 nitrogen and oxygen atoms in total. The Balaban J connectivity index is 0.00000162. The predicted octanol–water partition coefficient (Wildman–Crippen LogP) is -0.896. The lowest BCUT2D eigenvalue weighted by molar-refractivity contribution is -0.554. The van der Waals surface area contributed by atoms with E-state index in [4.69, 9.17) is 9.47 Å². The molecule has 0 bridgehead atoms. The minimum Gasteiger partial charge on any atom is -1.00 e.